The van der Waals surface area contributed by atoms with Crippen LogP contribution in [0.1, 0.15) is 10.4 Å². The van der Waals surface area contributed by atoms with Gasteiger partial charge in [0.15, 0.2) is 0 Å². The van der Waals surface area contributed by atoms with Gasteiger partial charge in [-0.1, -0.05) is 12.1 Å². The van der Waals surface area contributed by atoms with Gasteiger partial charge in [-0.25, -0.2) is 9.97 Å². The number of morpholine rings is 1. The van der Waals surface area contributed by atoms with E-state index in [2.05, 4.69) is 20.2 Å². The molecular weight excluding hydrogens is 382 g/mol. The summed E-state index contributed by atoms with van der Waals surface area (Å²) in [5, 5.41) is 4.36. The largest absolute Gasteiger partial charge is 0.496 e. The number of fused-ring (bicyclic) bond motifs is 1. The Kier molecular flexibility index (Phi) is 6.06. The van der Waals surface area contributed by atoms with E-state index in [9.17, 15) is 4.79 Å². The van der Waals surface area contributed by atoms with Gasteiger partial charge in [-0.05, 0) is 35.4 Å². The van der Waals surface area contributed by atoms with Crippen LogP contribution in [0.15, 0.2) is 42.7 Å². The minimum absolute atomic E-state index is 0.350. The molecule has 30 heavy (non-hydrogen) atoms. The minimum atomic E-state index is -0.525. The van der Waals surface area contributed by atoms with Crippen molar-refractivity contribution in [3.05, 3.63) is 48.3 Å². The molecule has 3 N–H and O–H groups in total. The standard InChI is InChI=1S/C22H25N5O3/c1-29-20-5-3-16(13-18(20)21(23)28)15-2-4-19-17(12-15)22(26-14-25-19)24-6-7-27-8-10-30-11-9-27/h2-5,12-14H,6-11H2,1H3,(H2,23,28)(H,24,25,26). The molecule has 1 aromatic heterocycles. The third-order valence-corrected chi connectivity index (χ3v) is 5.26. The highest BCUT2D eigenvalue weighted by molar-refractivity contribution is 5.98. The lowest BCUT2D eigenvalue weighted by molar-refractivity contribution is 0.0398. The number of carbonyl (C=O) groups is 1. The number of primary amides is 1. The molecule has 0 bridgehead atoms. The lowest BCUT2D eigenvalue weighted by atomic mass is 10.0. The molecule has 1 fully saturated rings. The number of hydrogen-bond acceptors (Lipinski definition) is 7. The van der Waals surface area contributed by atoms with E-state index < -0.39 is 5.91 Å². The highest BCUT2D eigenvalue weighted by Gasteiger charge is 2.13. The lowest BCUT2D eigenvalue weighted by Gasteiger charge is -2.26. The van der Waals surface area contributed by atoms with Crippen molar-refractivity contribution in [1.82, 2.24) is 14.9 Å². The van der Waals surface area contributed by atoms with Crippen molar-refractivity contribution >= 4 is 22.6 Å². The Morgan fingerprint density at radius 3 is 2.70 bits per heavy atom. The molecule has 8 nitrogen and oxygen atoms in total. The Morgan fingerprint density at radius 1 is 1.17 bits per heavy atom. The van der Waals surface area contributed by atoms with Crippen LogP contribution in [0.2, 0.25) is 0 Å². The molecule has 0 spiro atoms. The Bertz CT molecular complexity index is 1050. The van der Waals surface area contributed by atoms with Crippen LogP contribution in [0.5, 0.6) is 5.75 Å². The van der Waals surface area contributed by atoms with E-state index in [1.807, 2.05) is 24.3 Å². The number of anilines is 1. The number of benzene rings is 2. The topological polar surface area (TPSA) is 103 Å². The lowest BCUT2D eigenvalue weighted by Crippen LogP contribution is -2.39. The number of nitrogens with two attached hydrogens (primary N) is 1. The van der Waals surface area contributed by atoms with Crippen molar-refractivity contribution in [3.63, 3.8) is 0 Å². The first-order valence-corrected chi connectivity index (χ1v) is 9.92. The van der Waals surface area contributed by atoms with Gasteiger partial charge in [-0.3, -0.25) is 9.69 Å². The number of nitrogens with zero attached hydrogens (tertiary/aromatic N) is 3. The van der Waals surface area contributed by atoms with Crippen LogP contribution in [0.3, 0.4) is 0 Å². The van der Waals surface area contributed by atoms with Crippen molar-refractivity contribution in [2.45, 2.75) is 0 Å². The summed E-state index contributed by atoms with van der Waals surface area (Å²) in [5.74, 6) is 0.725. The highest BCUT2D eigenvalue weighted by atomic mass is 16.5. The average Bonchev–Trinajstić information content (AvgIpc) is 2.79. The van der Waals surface area contributed by atoms with Gasteiger partial charge in [0.25, 0.3) is 5.91 Å². The predicted octanol–water partition coefficient (Wildman–Crippen LogP) is 2.15. The number of hydrogen-bond donors (Lipinski definition) is 2. The quantitative estimate of drug-likeness (QED) is 0.619. The van der Waals surface area contributed by atoms with E-state index in [4.69, 9.17) is 15.2 Å². The van der Waals surface area contributed by atoms with Gasteiger partial charge in [-0.15, -0.1) is 0 Å². The Labute approximate surface area is 175 Å². The van der Waals surface area contributed by atoms with Gasteiger partial charge in [0, 0.05) is 31.6 Å². The van der Waals surface area contributed by atoms with Crippen LogP contribution in [-0.2, 0) is 4.74 Å². The van der Waals surface area contributed by atoms with Crippen molar-refractivity contribution in [3.8, 4) is 16.9 Å². The molecule has 2 aromatic carbocycles. The average molecular weight is 407 g/mol. The second kappa shape index (κ2) is 9.06. The monoisotopic (exact) mass is 407 g/mol. The van der Waals surface area contributed by atoms with Crippen LogP contribution in [-0.4, -0.2) is 67.3 Å². The molecule has 156 valence electrons. The zero-order valence-corrected chi connectivity index (χ0v) is 16.9. The summed E-state index contributed by atoms with van der Waals surface area (Å²) in [6.45, 7) is 5.19. The second-order valence-corrected chi connectivity index (χ2v) is 7.11. The summed E-state index contributed by atoms with van der Waals surface area (Å²) >= 11 is 0. The number of aromatic nitrogens is 2. The number of ether oxygens (including phenoxy) is 2. The maximum absolute atomic E-state index is 11.8. The van der Waals surface area contributed by atoms with Crippen molar-refractivity contribution in [2.24, 2.45) is 5.73 Å². The SMILES string of the molecule is COc1ccc(-c2ccc3ncnc(NCCN4CCOCC4)c3c2)cc1C(N)=O. The van der Waals surface area contributed by atoms with Crippen molar-refractivity contribution in [1.29, 1.82) is 0 Å². The maximum Gasteiger partial charge on any atom is 0.252 e. The molecule has 1 saturated heterocycles. The molecule has 2 heterocycles. The second-order valence-electron chi connectivity index (χ2n) is 7.11. The summed E-state index contributed by atoms with van der Waals surface area (Å²) in [6, 6.07) is 11.4. The third kappa shape index (κ3) is 4.34. The van der Waals surface area contributed by atoms with E-state index in [1.54, 1.807) is 18.5 Å². The highest BCUT2D eigenvalue weighted by Crippen LogP contribution is 2.30. The number of amides is 1. The van der Waals surface area contributed by atoms with Crippen molar-refractivity contribution in [2.75, 3.05) is 51.8 Å². The first-order valence-electron chi connectivity index (χ1n) is 9.92. The molecule has 4 rings (SSSR count). The zero-order valence-electron chi connectivity index (χ0n) is 16.9. The molecule has 0 radical (unpaired) electrons. The number of rotatable bonds is 7. The summed E-state index contributed by atoms with van der Waals surface area (Å²) in [4.78, 5) is 23.0. The fraction of sp³-hybridized carbons (Fsp3) is 0.318. The van der Waals surface area contributed by atoms with Gasteiger partial charge >= 0.3 is 0 Å². The fourth-order valence-corrected chi connectivity index (χ4v) is 3.61. The molecule has 3 aromatic rings. The molecule has 0 atom stereocenters. The number of methoxy groups -OCH3 is 1. The first-order chi connectivity index (χ1) is 14.7. The summed E-state index contributed by atoms with van der Waals surface area (Å²) in [7, 11) is 1.52. The van der Waals surface area contributed by atoms with Gasteiger partial charge in [-0.2, -0.15) is 0 Å². The van der Waals surface area contributed by atoms with Crippen molar-refractivity contribution < 1.29 is 14.3 Å². The molecule has 8 heteroatoms. The molecule has 0 saturated carbocycles. The smallest absolute Gasteiger partial charge is 0.252 e. The third-order valence-electron chi connectivity index (χ3n) is 5.26. The van der Waals surface area contributed by atoms with Crippen LogP contribution in [0.4, 0.5) is 5.82 Å². The van der Waals surface area contributed by atoms with Crippen LogP contribution in [0.25, 0.3) is 22.0 Å². The van der Waals surface area contributed by atoms with E-state index >= 15 is 0 Å². The summed E-state index contributed by atoms with van der Waals surface area (Å²) < 4.78 is 10.6. The van der Waals surface area contributed by atoms with E-state index in [1.165, 1.54) is 7.11 Å². The molecule has 1 aliphatic heterocycles. The van der Waals surface area contributed by atoms with E-state index in [0.29, 0.717) is 11.3 Å². The minimum Gasteiger partial charge on any atom is -0.496 e. The number of carbonyl (C=O) groups excluding carboxylic acids is 1. The van der Waals surface area contributed by atoms with Gasteiger partial charge in [0.05, 0.1) is 31.4 Å². The Hall–Kier alpha value is -3.23. The zero-order chi connectivity index (χ0) is 20.9. The van der Waals surface area contributed by atoms with Gasteiger partial charge < -0.3 is 20.5 Å². The van der Waals surface area contributed by atoms with Crippen LogP contribution in [0, 0.1) is 0 Å². The Morgan fingerprint density at radius 2 is 1.93 bits per heavy atom. The molecule has 1 aliphatic rings. The first kappa shape index (κ1) is 20.1. The fourth-order valence-electron chi connectivity index (χ4n) is 3.61. The molecular formula is C22H25N5O3. The molecule has 0 unspecified atom stereocenters. The normalized spacial score (nSPS) is 14.6. The van der Waals surface area contributed by atoms with E-state index in [-0.39, 0.29) is 0 Å². The van der Waals surface area contributed by atoms with Crippen LogP contribution < -0.4 is 15.8 Å². The summed E-state index contributed by atoms with van der Waals surface area (Å²) in [5.41, 5.74) is 8.52. The molecule has 1 amide bonds. The van der Waals surface area contributed by atoms with Crippen LogP contribution >= 0.6 is 0 Å². The van der Waals surface area contributed by atoms with Gasteiger partial charge in [0.2, 0.25) is 0 Å². The number of nitrogens with one attached hydrogen (secondary N) is 1. The maximum atomic E-state index is 11.8. The van der Waals surface area contributed by atoms with E-state index in [0.717, 1.165) is 67.2 Å². The molecule has 0 aliphatic carbocycles. The summed E-state index contributed by atoms with van der Waals surface area (Å²) in [6.07, 6.45) is 1.57. The Balaban J connectivity index is 1.59. The predicted molar refractivity (Wildman–Crippen MR) is 116 cm³/mol. The van der Waals surface area contributed by atoms with Gasteiger partial charge in [0.1, 0.15) is 17.9 Å².